The number of sulfonamides is 1. The van der Waals surface area contributed by atoms with Crippen LogP contribution in [0.1, 0.15) is 38.7 Å². The van der Waals surface area contributed by atoms with Crippen LogP contribution in [-0.4, -0.2) is 50.8 Å². The number of anilines is 1. The first-order valence-corrected chi connectivity index (χ1v) is 15.5. The first-order chi connectivity index (χ1) is 19.2. The van der Waals surface area contributed by atoms with Gasteiger partial charge in [0.1, 0.15) is 12.6 Å². The van der Waals surface area contributed by atoms with E-state index in [2.05, 4.69) is 5.32 Å². The second-order valence-corrected chi connectivity index (χ2v) is 12.0. The van der Waals surface area contributed by atoms with Gasteiger partial charge in [-0.1, -0.05) is 92.0 Å². The van der Waals surface area contributed by atoms with Gasteiger partial charge in [-0.15, -0.1) is 0 Å². The molecule has 7 nitrogen and oxygen atoms in total. The number of hydrogen-bond acceptors (Lipinski definition) is 4. The molecule has 1 unspecified atom stereocenters. The van der Waals surface area contributed by atoms with Crippen LogP contribution in [0.2, 0.25) is 10.0 Å². The van der Waals surface area contributed by atoms with Gasteiger partial charge in [-0.3, -0.25) is 13.9 Å². The topological polar surface area (TPSA) is 86.8 Å². The van der Waals surface area contributed by atoms with Gasteiger partial charge >= 0.3 is 0 Å². The van der Waals surface area contributed by atoms with E-state index in [-0.39, 0.29) is 33.1 Å². The number of amides is 2. The summed E-state index contributed by atoms with van der Waals surface area (Å²) < 4.78 is 28.7. The van der Waals surface area contributed by atoms with Crippen LogP contribution in [0.4, 0.5) is 5.69 Å². The van der Waals surface area contributed by atoms with Crippen molar-refractivity contribution in [3.05, 3.63) is 94.5 Å². The SMILES string of the molecule is CCCCNC(=O)C(CC)N(CCc1ccccc1)C(=O)CN(c1cc(Cl)ccc1Cl)S(=O)(=O)c1ccccc1. The molecule has 1 N–H and O–H groups in total. The van der Waals surface area contributed by atoms with Crippen LogP contribution in [0, 0.1) is 0 Å². The Hall–Kier alpha value is -3.07. The summed E-state index contributed by atoms with van der Waals surface area (Å²) in [6.45, 7) is 4.02. The minimum absolute atomic E-state index is 0.000900. The van der Waals surface area contributed by atoms with Gasteiger partial charge in [0.2, 0.25) is 11.8 Å². The summed E-state index contributed by atoms with van der Waals surface area (Å²) in [6.07, 6.45) is 2.59. The minimum atomic E-state index is -4.22. The lowest BCUT2D eigenvalue weighted by Gasteiger charge is -2.33. The molecule has 3 aromatic rings. The quantitative estimate of drug-likeness (QED) is 0.230. The average Bonchev–Trinajstić information content (AvgIpc) is 2.96. The van der Waals surface area contributed by atoms with Crippen LogP contribution in [0.3, 0.4) is 0 Å². The maximum atomic E-state index is 14.0. The lowest BCUT2D eigenvalue weighted by atomic mass is 10.1. The molecule has 0 saturated carbocycles. The van der Waals surface area contributed by atoms with E-state index in [0.717, 1.165) is 22.7 Å². The lowest BCUT2D eigenvalue weighted by Crippen LogP contribution is -2.53. The average molecular weight is 605 g/mol. The molecular weight excluding hydrogens is 569 g/mol. The first kappa shape index (κ1) is 31.5. The van der Waals surface area contributed by atoms with Crippen LogP contribution in [0.25, 0.3) is 0 Å². The van der Waals surface area contributed by atoms with Crippen LogP contribution >= 0.6 is 23.2 Å². The number of benzene rings is 3. The Morgan fingerprint density at radius 1 is 0.925 bits per heavy atom. The molecule has 0 aromatic heterocycles. The minimum Gasteiger partial charge on any atom is -0.354 e. The number of carbonyl (C=O) groups excluding carboxylic acids is 2. The summed E-state index contributed by atoms with van der Waals surface area (Å²) in [5.41, 5.74) is 1.07. The van der Waals surface area contributed by atoms with E-state index >= 15 is 0 Å². The monoisotopic (exact) mass is 603 g/mol. The Kier molecular flexibility index (Phi) is 11.9. The summed E-state index contributed by atoms with van der Waals surface area (Å²) >= 11 is 12.7. The number of rotatable bonds is 14. The van der Waals surface area contributed by atoms with Crippen LogP contribution in [0.5, 0.6) is 0 Å². The van der Waals surface area contributed by atoms with Crippen molar-refractivity contribution in [2.75, 3.05) is 23.9 Å². The number of hydrogen-bond donors (Lipinski definition) is 1. The predicted molar refractivity (Wildman–Crippen MR) is 161 cm³/mol. The van der Waals surface area contributed by atoms with Crippen molar-refractivity contribution in [3.63, 3.8) is 0 Å². The molecule has 10 heteroatoms. The van der Waals surface area contributed by atoms with Gasteiger partial charge in [0.05, 0.1) is 15.6 Å². The van der Waals surface area contributed by atoms with Crippen molar-refractivity contribution < 1.29 is 18.0 Å². The number of halogens is 2. The van der Waals surface area contributed by atoms with E-state index in [0.29, 0.717) is 19.4 Å². The Labute approximate surface area is 247 Å². The summed E-state index contributed by atoms with van der Waals surface area (Å²) in [6, 6.07) is 21.1. The smallest absolute Gasteiger partial charge is 0.264 e. The predicted octanol–water partition coefficient (Wildman–Crippen LogP) is 5.95. The molecular formula is C30H35Cl2N3O4S. The number of unbranched alkanes of at least 4 members (excludes halogenated alkanes) is 1. The van der Waals surface area contributed by atoms with E-state index in [4.69, 9.17) is 23.2 Å². The van der Waals surface area contributed by atoms with E-state index in [1.165, 1.54) is 29.2 Å². The summed E-state index contributed by atoms with van der Waals surface area (Å²) in [5.74, 6) is -0.792. The van der Waals surface area contributed by atoms with Crippen LogP contribution in [0.15, 0.2) is 83.8 Å². The molecule has 0 radical (unpaired) electrons. The molecule has 214 valence electrons. The highest BCUT2D eigenvalue weighted by Gasteiger charge is 2.34. The molecule has 0 bridgehead atoms. The molecule has 2 amide bonds. The fourth-order valence-corrected chi connectivity index (χ4v) is 6.19. The molecule has 0 aliphatic carbocycles. The molecule has 0 aliphatic heterocycles. The molecule has 0 saturated heterocycles. The van der Waals surface area contributed by atoms with Gasteiger partial charge in [-0.2, -0.15) is 0 Å². The molecule has 1 atom stereocenters. The highest BCUT2D eigenvalue weighted by molar-refractivity contribution is 7.92. The van der Waals surface area contributed by atoms with Crippen molar-refractivity contribution in [2.24, 2.45) is 0 Å². The van der Waals surface area contributed by atoms with E-state index in [9.17, 15) is 18.0 Å². The van der Waals surface area contributed by atoms with Crippen LogP contribution < -0.4 is 9.62 Å². The standard InChI is InChI=1S/C30H35Cl2N3O4S/c1-3-5-19-33-30(37)27(4-2)34(20-18-23-12-8-6-9-13-23)29(36)22-35(28-21-24(31)16-17-26(28)32)40(38,39)25-14-10-7-11-15-25/h6-17,21,27H,3-5,18-20,22H2,1-2H3,(H,33,37). The Morgan fingerprint density at radius 3 is 2.20 bits per heavy atom. The highest BCUT2D eigenvalue weighted by Crippen LogP contribution is 2.33. The van der Waals surface area contributed by atoms with Gasteiger partial charge < -0.3 is 10.2 Å². The second kappa shape index (κ2) is 15.1. The zero-order chi connectivity index (χ0) is 29.1. The molecule has 3 rings (SSSR count). The van der Waals surface area contributed by atoms with E-state index < -0.39 is 28.5 Å². The Morgan fingerprint density at radius 2 is 1.57 bits per heavy atom. The zero-order valence-electron chi connectivity index (χ0n) is 22.7. The molecule has 40 heavy (non-hydrogen) atoms. The number of nitrogens with zero attached hydrogens (tertiary/aromatic N) is 2. The summed E-state index contributed by atoms with van der Waals surface area (Å²) in [7, 11) is -4.22. The highest BCUT2D eigenvalue weighted by atomic mass is 35.5. The largest absolute Gasteiger partial charge is 0.354 e. The van der Waals surface area contributed by atoms with Crippen molar-refractivity contribution >= 4 is 50.7 Å². The maximum Gasteiger partial charge on any atom is 0.264 e. The third-order valence-electron chi connectivity index (χ3n) is 6.49. The number of carbonyl (C=O) groups is 2. The van der Waals surface area contributed by atoms with Crippen molar-refractivity contribution in [2.45, 2.75) is 50.5 Å². The fourth-order valence-electron chi connectivity index (χ4n) is 4.31. The lowest BCUT2D eigenvalue weighted by molar-refractivity contribution is -0.139. The van der Waals surface area contributed by atoms with E-state index in [1.807, 2.05) is 44.2 Å². The van der Waals surface area contributed by atoms with Gasteiger partial charge in [0.25, 0.3) is 10.0 Å². The Balaban J connectivity index is 2.01. The molecule has 0 aliphatic rings. The molecule has 0 fully saturated rings. The van der Waals surface area contributed by atoms with Gasteiger partial charge in [-0.25, -0.2) is 8.42 Å². The second-order valence-electron chi connectivity index (χ2n) is 9.31. The fraction of sp³-hybridized carbons (Fsp3) is 0.333. The normalized spacial score (nSPS) is 12.0. The molecule has 3 aromatic carbocycles. The molecule has 0 heterocycles. The van der Waals surface area contributed by atoms with Crippen LogP contribution in [-0.2, 0) is 26.0 Å². The van der Waals surface area contributed by atoms with Crippen molar-refractivity contribution in [1.29, 1.82) is 0 Å². The van der Waals surface area contributed by atoms with Crippen molar-refractivity contribution in [1.82, 2.24) is 10.2 Å². The van der Waals surface area contributed by atoms with Crippen molar-refractivity contribution in [3.8, 4) is 0 Å². The van der Waals surface area contributed by atoms with Gasteiger partial charge in [0.15, 0.2) is 0 Å². The summed E-state index contributed by atoms with van der Waals surface area (Å²) in [5, 5.41) is 3.31. The Bertz CT molecular complexity index is 1370. The maximum absolute atomic E-state index is 14.0. The third-order valence-corrected chi connectivity index (χ3v) is 8.82. The number of nitrogens with one attached hydrogen (secondary N) is 1. The third kappa shape index (κ3) is 8.22. The first-order valence-electron chi connectivity index (χ1n) is 13.3. The zero-order valence-corrected chi connectivity index (χ0v) is 25.1. The molecule has 0 spiro atoms. The van der Waals surface area contributed by atoms with E-state index in [1.54, 1.807) is 24.3 Å². The van der Waals surface area contributed by atoms with Gasteiger partial charge in [0, 0.05) is 18.1 Å². The van der Waals surface area contributed by atoms with Gasteiger partial charge in [-0.05, 0) is 55.2 Å². The summed E-state index contributed by atoms with van der Waals surface area (Å²) in [4.78, 5) is 28.7.